The zero-order chi connectivity index (χ0) is 14.1. The Balaban J connectivity index is 0.00000361. The lowest BCUT2D eigenvalue weighted by Crippen LogP contribution is -2.32. The van der Waals surface area contributed by atoms with Crippen molar-refractivity contribution in [3.8, 4) is 5.75 Å². The van der Waals surface area contributed by atoms with Crippen LogP contribution in [0.5, 0.6) is 5.75 Å². The second-order valence-electron chi connectivity index (χ2n) is 4.39. The van der Waals surface area contributed by atoms with E-state index in [9.17, 15) is 4.79 Å². The molecule has 1 aromatic rings. The maximum atomic E-state index is 10.6. The molecule has 4 nitrogen and oxygen atoms in total. The first-order valence-electron chi connectivity index (χ1n) is 6.39. The fraction of sp³-hybridized carbons (Fsp3) is 0.500. The van der Waals surface area contributed by atoms with E-state index in [1.807, 2.05) is 24.3 Å². The number of nitrogens with two attached hydrogens (primary N) is 1. The Morgan fingerprint density at radius 3 is 2.45 bits per heavy atom. The third kappa shape index (κ3) is 7.72. The number of alkyl halides is 1. The zero-order valence-corrected chi connectivity index (χ0v) is 13.7. The number of aliphatic carboxylic acids is 1. The fourth-order valence-electron chi connectivity index (χ4n) is 1.63. The van der Waals surface area contributed by atoms with E-state index in [0.29, 0.717) is 13.0 Å². The molecule has 0 saturated carbocycles. The predicted molar refractivity (Wildman–Crippen MR) is 86.1 cm³/mol. The van der Waals surface area contributed by atoms with E-state index < -0.39 is 12.0 Å². The summed E-state index contributed by atoms with van der Waals surface area (Å²) in [4.78, 5) is 10.6. The van der Waals surface area contributed by atoms with Gasteiger partial charge in [-0.1, -0.05) is 28.1 Å². The number of carboxylic acids is 1. The molecule has 0 spiro atoms. The van der Waals surface area contributed by atoms with Gasteiger partial charge >= 0.3 is 5.97 Å². The van der Waals surface area contributed by atoms with Crippen LogP contribution in [0.3, 0.4) is 0 Å². The van der Waals surface area contributed by atoms with Crippen LogP contribution in [0.15, 0.2) is 24.3 Å². The number of halogens is 2. The lowest BCUT2D eigenvalue weighted by Gasteiger charge is -2.09. The molecular weight excluding hydrogens is 346 g/mol. The van der Waals surface area contributed by atoms with Crippen LogP contribution in [0.25, 0.3) is 0 Å². The minimum Gasteiger partial charge on any atom is -0.494 e. The molecule has 0 aliphatic carbocycles. The summed E-state index contributed by atoms with van der Waals surface area (Å²) in [5.74, 6) is -0.168. The van der Waals surface area contributed by atoms with Crippen molar-refractivity contribution in [1.29, 1.82) is 0 Å². The number of unbranched alkanes of at least 4 members (excludes halogenated alkanes) is 2. The number of hydrogen-bond donors (Lipinski definition) is 2. The topological polar surface area (TPSA) is 72.5 Å². The zero-order valence-electron chi connectivity index (χ0n) is 11.3. The van der Waals surface area contributed by atoms with Crippen LogP contribution in [0.2, 0.25) is 0 Å². The normalized spacial score (nSPS) is 11.5. The predicted octanol–water partition coefficient (Wildman–Crippen LogP) is 3.01. The number of rotatable bonds is 9. The lowest BCUT2D eigenvalue weighted by atomic mass is 10.1. The van der Waals surface area contributed by atoms with Gasteiger partial charge in [0.25, 0.3) is 0 Å². The Kier molecular flexibility index (Phi) is 10.5. The van der Waals surface area contributed by atoms with Gasteiger partial charge in [0.2, 0.25) is 0 Å². The van der Waals surface area contributed by atoms with E-state index in [4.69, 9.17) is 15.6 Å². The molecule has 0 saturated heterocycles. The van der Waals surface area contributed by atoms with Gasteiger partial charge in [0.05, 0.1) is 6.61 Å². The van der Waals surface area contributed by atoms with Gasteiger partial charge in [-0.2, -0.15) is 0 Å². The molecule has 3 N–H and O–H groups in total. The van der Waals surface area contributed by atoms with Gasteiger partial charge in [-0.25, -0.2) is 0 Å². The summed E-state index contributed by atoms with van der Waals surface area (Å²) < 4.78 is 5.60. The van der Waals surface area contributed by atoms with Gasteiger partial charge in [-0.3, -0.25) is 4.79 Å². The van der Waals surface area contributed by atoms with Crippen LogP contribution in [-0.4, -0.2) is 29.1 Å². The average molecular weight is 367 g/mol. The van der Waals surface area contributed by atoms with Crippen LogP contribution in [0.4, 0.5) is 0 Å². The molecular formula is C14H21BrClNO3. The van der Waals surface area contributed by atoms with Crippen molar-refractivity contribution in [3.05, 3.63) is 29.8 Å². The molecule has 1 aromatic carbocycles. The molecule has 6 heteroatoms. The van der Waals surface area contributed by atoms with Crippen LogP contribution < -0.4 is 10.5 Å². The van der Waals surface area contributed by atoms with Crippen molar-refractivity contribution in [2.75, 3.05) is 11.9 Å². The summed E-state index contributed by atoms with van der Waals surface area (Å²) >= 11 is 3.39. The quantitative estimate of drug-likeness (QED) is 0.520. The average Bonchev–Trinajstić information content (AvgIpc) is 2.40. The Morgan fingerprint density at radius 1 is 1.25 bits per heavy atom. The van der Waals surface area contributed by atoms with Gasteiger partial charge in [-0.15, -0.1) is 12.4 Å². The lowest BCUT2D eigenvalue weighted by molar-refractivity contribution is -0.138. The summed E-state index contributed by atoms with van der Waals surface area (Å²) in [6.45, 7) is 0.709. The Hall–Kier alpha value is -0.780. The Bertz CT molecular complexity index is 387. The highest BCUT2D eigenvalue weighted by Gasteiger charge is 2.11. The van der Waals surface area contributed by atoms with Crippen molar-refractivity contribution in [3.63, 3.8) is 0 Å². The van der Waals surface area contributed by atoms with Crippen molar-refractivity contribution >= 4 is 34.3 Å². The summed E-state index contributed by atoms with van der Waals surface area (Å²) in [5, 5.41) is 9.77. The van der Waals surface area contributed by atoms with Crippen molar-refractivity contribution < 1.29 is 14.6 Å². The van der Waals surface area contributed by atoms with E-state index in [2.05, 4.69) is 15.9 Å². The molecule has 0 fully saturated rings. The molecule has 0 aromatic heterocycles. The van der Waals surface area contributed by atoms with Crippen LogP contribution in [-0.2, 0) is 11.2 Å². The number of carbonyl (C=O) groups is 1. The Morgan fingerprint density at radius 2 is 1.90 bits per heavy atom. The highest BCUT2D eigenvalue weighted by molar-refractivity contribution is 9.09. The molecule has 0 amide bonds. The number of carboxylic acid groups (broad SMARTS) is 1. The Labute approximate surface area is 134 Å². The van der Waals surface area contributed by atoms with Crippen molar-refractivity contribution in [2.24, 2.45) is 5.73 Å². The van der Waals surface area contributed by atoms with Gasteiger partial charge in [-0.05, 0) is 43.4 Å². The largest absolute Gasteiger partial charge is 0.494 e. The summed E-state index contributed by atoms with van der Waals surface area (Å²) in [5.41, 5.74) is 6.38. The summed E-state index contributed by atoms with van der Waals surface area (Å²) in [6.07, 6.45) is 3.68. The second kappa shape index (κ2) is 10.9. The van der Waals surface area contributed by atoms with E-state index in [0.717, 1.165) is 35.9 Å². The van der Waals surface area contributed by atoms with E-state index >= 15 is 0 Å². The van der Waals surface area contributed by atoms with Crippen LogP contribution in [0, 0.1) is 0 Å². The van der Waals surface area contributed by atoms with Gasteiger partial charge in [0, 0.05) is 5.33 Å². The SMILES string of the molecule is Cl.N[C@@H](Cc1ccc(OCCCCCBr)cc1)C(=O)O. The first-order valence-corrected chi connectivity index (χ1v) is 7.51. The first-order chi connectivity index (χ1) is 9.13. The van der Waals surface area contributed by atoms with Gasteiger partial charge in [0.15, 0.2) is 0 Å². The molecule has 114 valence electrons. The molecule has 0 heterocycles. The second-order valence-corrected chi connectivity index (χ2v) is 5.18. The molecule has 0 bridgehead atoms. The molecule has 0 unspecified atom stereocenters. The number of hydrogen-bond acceptors (Lipinski definition) is 3. The number of benzene rings is 1. The van der Waals surface area contributed by atoms with Crippen LogP contribution in [0.1, 0.15) is 24.8 Å². The molecule has 0 radical (unpaired) electrons. The van der Waals surface area contributed by atoms with Crippen LogP contribution >= 0.6 is 28.3 Å². The van der Waals surface area contributed by atoms with Crippen molar-refractivity contribution in [2.45, 2.75) is 31.7 Å². The monoisotopic (exact) mass is 365 g/mol. The highest BCUT2D eigenvalue weighted by Crippen LogP contribution is 2.14. The maximum Gasteiger partial charge on any atom is 0.320 e. The molecule has 1 rings (SSSR count). The fourth-order valence-corrected chi connectivity index (χ4v) is 2.02. The minimum atomic E-state index is -0.980. The third-order valence-electron chi connectivity index (χ3n) is 2.74. The molecule has 1 atom stereocenters. The highest BCUT2D eigenvalue weighted by atomic mass is 79.9. The first kappa shape index (κ1) is 19.2. The third-order valence-corrected chi connectivity index (χ3v) is 3.30. The van der Waals surface area contributed by atoms with Gasteiger partial charge in [0.1, 0.15) is 11.8 Å². The van der Waals surface area contributed by atoms with Gasteiger partial charge < -0.3 is 15.6 Å². The maximum absolute atomic E-state index is 10.6. The molecule has 0 aliphatic heterocycles. The van der Waals surface area contributed by atoms with E-state index in [-0.39, 0.29) is 12.4 Å². The number of ether oxygens (including phenoxy) is 1. The van der Waals surface area contributed by atoms with E-state index in [1.165, 1.54) is 0 Å². The molecule has 20 heavy (non-hydrogen) atoms. The smallest absolute Gasteiger partial charge is 0.320 e. The standard InChI is InChI=1S/C14H20BrNO3.ClH/c15-8-2-1-3-9-19-12-6-4-11(5-7-12)10-13(16)14(17)18;/h4-7,13H,1-3,8-10,16H2,(H,17,18);1H/t13-;/m0./s1. The summed E-state index contributed by atoms with van der Waals surface area (Å²) in [7, 11) is 0. The minimum absolute atomic E-state index is 0. The van der Waals surface area contributed by atoms with E-state index in [1.54, 1.807) is 0 Å². The summed E-state index contributed by atoms with van der Waals surface area (Å²) in [6, 6.07) is 6.58. The molecule has 0 aliphatic rings. The van der Waals surface area contributed by atoms with Crippen molar-refractivity contribution in [1.82, 2.24) is 0 Å².